The molecule has 2 unspecified atom stereocenters. The Balaban J connectivity index is 1.84. The van der Waals surface area contributed by atoms with Gasteiger partial charge in [-0.2, -0.15) is 0 Å². The maximum atomic E-state index is 11.8. The minimum Gasteiger partial charge on any atom is -0.468 e. The van der Waals surface area contributed by atoms with Gasteiger partial charge in [0.2, 0.25) is 0 Å². The molecule has 4 nitrogen and oxygen atoms in total. The number of hydrogen-bond donors (Lipinski definition) is 1. The average molecular weight is 343 g/mol. The zero-order chi connectivity index (χ0) is 18.1. The van der Waals surface area contributed by atoms with Crippen LogP contribution in [-0.4, -0.2) is 32.3 Å². The second-order valence-electron chi connectivity index (χ2n) is 6.81. The Morgan fingerprint density at radius 3 is 2.68 bits per heavy atom. The van der Waals surface area contributed by atoms with Gasteiger partial charge >= 0.3 is 5.97 Å². The molecule has 0 spiro atoms. The molecule has 0 aliphatic heterocycles. The third-order valence-corrected chi connectivity index (χ3v) is 4.91. The molecule has 0 radical (unpaired) electrons. The minimum absolute atomic E-state index is 0.303. The number of esters is 1. The number of rotatable bonds is 7. The molecule has 0 bridgehead atoms. The summed E-state index contributed by atoms with van der Waals surface area (Å²) in [5.41, 5.74) is 7.61. The first-order valence-electron chi connectivity index (χ1n) is 9.04. The smallest absolute Gasteiger partial charge is 0.325 e. The highest BCUT2D eigenvalue weighted by atomic mass is 16.5. The quantitative estimate of drug-likeness (QED) is 0.468. The van der Waals surface area contributed by atoms with Crippen molar-refractivity contribution in [3.05, 3.63) is 35.4 Å². The summed E-state index contributed by atoms with van der Waals surface area (Å²) in [7, 11) is 3.13. The number of carbonyl (C=O) groups is 1. The van der Waals surface area contributed by atoms with Gasteiger partial charge in [-0.05, 0) is 55.7 Å². The van der Waals surface area contributed by atoms with E-state index in [4.69, 9.17) is 15.2 Å². The summed E-state index contributed by atoms with van der Waals surface area (Å²) >= 11 is 0. The van der Waals surface area contributed by atoms with Gasteiger partial charge in [-0.25, -0.2) is 0 Å². The molecule has 1 aromatic carbocycles. The standard InChI is InChI=1S/C21H29NO3/c1-24-15-7-5-3-4-6-8-17-9-11-18(12-10-17)19-13-14-21(22,16-19)20(23)25-2/h9-12,19H,3-5,7,13-16,22H2,1-2H3. The summed E-state index contributed by atoms with van der Waals surface area (Å²) in [6, 6.07) is 8.33. The first-order valence-corrected chi connectivity index (χ1v) is 9.04. The third-order valence-electron chi connectivity index (χ3n) is 4.91. The van der Waals surface area contributed by atoms with Crippen molar-refractivity contribution < 1.29 is 14.3 Å². The third kappa shape index (κ3) is 5.59. The molecule has 2 rings (SSSR count). The van der Waals surface area contributed by atoms with Crippen molar-refractivity contribution >= 4 is 5.97 Å². The van der Waals surface area contributed by atoms with E-state index in [0.29, 0.717) is 18.8 Å². The fraction of sp³-hybridized carbons (Fsp3) is 0.571. The number of ether oxygens (including phenoxy) is 2. The van der Waals surface area contributed by atoms with Crippen LogP contribution >= 0.6 is 0 Å². The highest BCUT2D eigenvalue weighted by Gasteiger charge is 2.43. The normalized spacial score (nSPS) is 22.3. The zero-order valence-corrected chi connectivity index (χ0v) is 15.3. The monoisotopic (exact) mass is 343 g/mol. The second kappa shape index (κ2) is 9.60. The van der Waals surface area contributed by atoms with Crippen molar-refractivity contribution in [1.29, 1.82) is 0 Å². The zero-order valence-electron chi connectivity index (χ0n) is 15.3. The van der Waals surface area contributed by atoms with E-state index in [9.17, 15) is 4.79 Å². The first kappa shape index (κ1) is 19.5. The molecule has 136 valence electrons. The predicted octanol–water partition coefficient (Wildman–Crippen LogP) is 3.38. The number of benzene rings is 1. The largest absolute Gasteiger partial charge is 0.468 e. The summed E-state index contributed by atoms with van der Waals surface area (Å²) in [5, 5.41) is 0. The van der Waals surface area contributed by atoms with Gasteiger partial charge in [-0.3, -0.25) is 4.79 Å². The number of hydrogen-bond acceptors (Lipinski definition) is 4. The van der Waals surface area contributed by atoms with Crippen LogP contribution in [-0.2, 0) is 14.3 Å². The van der Waals surface area contributed by atoms with Crippen LogP contribution in [0.1, 0.15) is 62.0 Å². The molecule has 2 atom stereocenters. The van der Waals surface area contributed by atoms with Crippen LogP contribution in [0.2, 0.25) is 0 Å². The second-order valence-corrected chi connectivity index (χ2v) is 6.81. The Kier molecular flexibility index (Phi) is 7.49. The van der Waals surface area contributed by atoms with E-state index in [-0.39, 0.29) is 5.97 Å². The van der Waals surface area contributed by atoms with Gasteiger partial charge in [0.15, 0.2) is 0 Å². The number of methoxy groups -OCH3 is 2. The lowest BCUT2D eigenvalue weighted by atomic mass is 9.92. The van der Waals surface area contributed by atoms with Gasteiger partial charge < -0.3 is 15.2 Å². The summed E-state index contributed by atoms with van der Waals surface area (Å²) in [6.07, 6.45) is 6.53. The molecular weight excluding hydrogens is 314 g/mol. The fourth-order valence-electron chi connectivity index (χ4n) is 3.39. The Morgan fingerprint density at radius 1 is 1.24 bits per heavy atom. The van der Waals surface area contributed by atoms with E-state index in [1.807, 2.05) is 0 Å². The average Bonchev–Trinajstić information content (AvgIpc) is 3.04. The van der Waals surface area contributed by atoms with Crippen molar-refractivity contribution in [1.82, 2.24) is 0 Å². The van der Waals surface area contributed by atoms with E-state index in [2.05, 4.69) is 36.1 Å². The molecule has 0 aromatic heterocycles. The van der Waals surface area contributed by atoms with Gasteiger partial charge in [0, 0.05) is 25.7 Å². The van der Waals surface area contributed by atoms with Crippen LogP contribution in [0.5, 0.6) is 0 Å². The van der Waals surface area contributed by atoms with Crippen molar-refractivity contribution in [3.63, 3.8) is 0 Å². The Labute approximate surface area is 151 Å². The van der Waals surface area contributed by atoms with Gasteiger partial charge in [-0.1, -0.05) is 30.4 Å². The van der Waals surface area contributed by atoms with Crippen LogP contribution in [0.15, 0.2) is 24.3 Å². The lowest BCUT2D eigenvalue weighted by Crippen LogP contribution is -2.46. The summed E-state index contributed by atoms with van der Waals surface area (Å²) in [4.78, 5) is 11.8. The van der Waals surface area contributed by atoms with Crippen LogP contribution in [0.3, 0.4) is 0 Å². The minimum atomic E-state index is -0.833. The highest BCUT2D eigenvalue weighted by Crippen LogP contribution is 2.40. The molecule has 1 fully saturated rings. The predicted molar refractivity (Wildman–Crippen MR) is 99.2 cm³/mol. The molecule has 1 aliphatic rings. The lowest BCUT2D eigenvalue weighted by Gasteiger charge is -2.20. The Bertz CT molecular complexity index is 614. The maximum Gasteiger partial charge on any atom is 0.325 e. The summed E-state index contributed by atoms with van der Waals surface area (Å²) < 4.78 is 9.87. The number of carbonyl (C=O) groups excluding carboxylic acids is 1. The molecule has 0 heterocycles. The van der Waals surface area contributed by atoms with Gasteiger partial charge in [-0.15, -0.1) is 0 Å². The van der Waals surface area contributed by atoms with Crippen molar-refractivity contribution in [3.8, 4) is 11.8 Å². The van der Waals surface area contributed by atoms with Crippen LogP contribution in [0, 0.1) is 11.8 Å². The van der Waals surface area contributed by atoms with E-state index < -0.39 is 5.54 Å². The van der Waals surface area contributed by atoms with Crippen LogP contribution in [0.25, 0.3) is 0 Å². The number of nitrogens with two attached hydrogens (primary N) is 1. The summed E-state index contributed by atoms with van der Waals surface area (Å²) in [6.45, 7) is 0.829. The molecule has 4 heteroatoms. The lowest BCUT2D eigenvalue weighted by molar-refractivity contribution is -0.146. The van der Waals surface area contributed by atoms with Crippen molar-refractivity contribution in [2.45, 2.75) is 56.4 Å². The maximum absolute atomic E-state index is 11.8. The topological polar surface area (TPSA) is 61.5 Å². The Hall–Kier alpha value is -1.83. The van der Waals surface area contributed by atoms with Gasteiger partial charge in [0.25, 0.3) is 0 Å². The molecule has 1 aromatic rings. The summed E-state index contributed by atoms with van der Waals surface area (Å²) in [5.74, 6) is 6.46. The van der Waals surface area contributed by atoms with Crippen LogP contribution < -0.4 is 5.73 Å². The molecule has 2 N–H and O–H groups in total. The number of unbranched alkanes of at least 4 members (excludes halogenated alkanes) is 3. The van der Waals surface area contributed by atoms with Gasteiger partial charge in [0.1, 0.15) is 5.54 Å². The van der Waals surface area contributed by atoms with E-state index in [1.165, 1.54) is 12.7 Å². The molecule has 0 amide bonds. The molecular formula is C21H29NO3. The molecule has 25 heavy (non-hydrogen) atoms. The first-order chi connectivity index (χ1) is 12.1. The molecule has 0 saturated heterocycles. The SMILES string of the molecule is COCCCCCC#Cc1ccc(C2CCC(N)(C(=O)OC)C2)cc1. The van der Waals surface area contributed by atoms with Crippen molar-refractivity contribution in [2.75, 3.05) is 20.8 Å². The molecule has 1 aliphatic carbocycles. The molecule has 1 saturated carbocycles. The van der Waals surface area contributed by atoms with E-state index in [0.717, 1.165) is 44.3 Å². The van der Waals surface area contributed by atoms with Gasteiger partial charge in [0.05, 0.1) is 7.11 Å². The van der Waals surface area contributed by atoms with E-state index >= 15 is 0 Å². The van der Waals surface area contributed by atoms with Crippen molar-refractivity contribution in [2.24, 2.45) is 5.73 Å². The van der Waals surface area contributed by atoms with E-state index in [1.54, 1.807) is 7.11 Å². The highest BCUT2D eigenvalue weighted by molar-refractivity contribution is 5.81. The fourth-order valence-corrected chi connectivity index (χ4v) is 3.39. The Morgan fingerprint density at radius 2 is 2.00 bits per heavy atom. The van der Waals surface area contributed by atoms with Crippen LogP contribution in [0.4, 0.5) is 0 Å².